The molecule has 2 aromatic carbocycles. The van der Waals surface area contributed by atoms with E-state index in [0.717, 1.165) is 66.7 Å². The van der Waals surface area contributed by atoms with Crippen LogP contribution in [0.15, 0.2) is 48.5 Å². The van der Waals surface area contributed by atoms with Gasteiger partial charge in [-0.15, -0.1) is 0 Å². The number of nitrogens with one attached hydrogen (secondary N) is 1. The van der Waals surface area contributed by atoms with Crippen LogP contribution in [0.2, 0.25) is 0 Å². The van der Waals surface area contributed by atoms with Gasteiger partial charge in [0, 0.05) is 17.8 Å². The zero-order chi connectivity index (χ0) is 20.2. The van der Waals surface area contributed by atoms with Crippen LogP contribution >= 0.6 is 0 Å². The minimum Gasteiger partial charge on any atom is -0.399 e. The Morgan fingerprint density at radius 1 is 1.03 bits per heavy atom. The largest absolute Gasteiger partial charge is 0.399 e. The topological polar surface area (TPSA) is 72.9 Å². The van der Waals surface area contributed by atoms with Gasteiger partial charge in [0.15, 0.2) is 0 Å². The molecular formula is C24H28N4O. The molecule has 0 radical (unpaired) electrons. The summed E-state index contributed by atoms with van der Waals surface area (Å²) in [6.07, 6.45) is 5.88. The molecule has 0 atom stereocenters. The molecule has 5 nitrogen and oxygen atoms in total. The van der Waals surface area contributed by atoms with Gasteiger partial charge in [0.1, 0.15) is 5.69 Å². The van der Waals surface area contributed by atoms with Crippen molar-refractivity contribution in [3.63, 3.8) is 0 Å². The van der Waals surface area contributed by atoms with Crippen LogP contribution in [0.1, 0.15) is 52.6 Å². The summed E-state index contributed by atoms with van der Waals surface area (Å²) in [6, 6.07) is 16.1. The number of nitrogen functional groups attached to an aromatic ring is 1. The van der Waals surface area contributed by atoms with Crippen molar-refractivity contribution in [2.24, 2.45) is 0 Å². The van der Waals surface area contributed by atoms with Crippen molar-refractivity contribution in [1.29, 1.82) is 0 Å². The Morgan fingerprint density at radius 2 is 1.72 bits per heavy atom. The monoisotopic (exact) mass is 388 g/mol. The number of hydrogen-bond acceptors (Lipinski definition) is 3. The van der Waals surface area contributed by atoms with Crippen LogP contribution in [-0.2, 0) is 25.7 Å². The Bertz CT molecular complexity index is 987. The molecule has 1 amide bonds. The number of anilines is 1. The zero-order valence-electron chi connectivity index (χ0n) is 16.9. The first-order valence-corrected chi connectivity index (χ1v) is 10.5. The molecule has 0 spiro atoms. The maximum atomic E-state index is 13.1. The number of nitrogens with zero attached hydrogens (tertiary/aromatic N) is 2. The standard InChI is InChI=1S/C24H28N4O/c1-2-17-9-13-20(14-10-17)28-23(21-5-3-4-6-22(21)27-28)24(29)26-16-15-18-7-11-19(25)12-8-18/h7-14H,2-6,15-16,25H2,1H3,(H,26,29). The Morgan fingerprint density at radius 3 is 2.45 bits per heavy atom. The Hall–Kier alpha value is -3.08. The fraction of sp³-hybridized carbons (Fsp3) is 0.333. The quantitative estimate of drug-likeness (QED) is 0.630. The average molecular weight is 389 g/mol. The van der Waals surface area contributed by atoms with Gasteiger partial charge in [0.2, 0.25) is 0 Å². The Balaban J connectivity index is 1.56. The molecule has 29 heavy (non-hydrogen) atoms. The van der Waals surface area contributed by atoms with Crippen LogP contribution in [-0.4, -0.2) is 22.2 Å². The summed E-state index contributed by atoms with van der Waals surface area (Å²) in [5.74, 6) is -0.0457. The third-order valence-electron chi connectivity index (χ3n) is 5.64. The van der Waals surface area contributed by atoms with Gasteiger partial charge in [-0.2, -0.15) is 5.10 Å². The molecule has 5 heteroatoms. The minimum atomic E-state index is -0.0457. The van der Waals surface area contributed by atoms with Crippen molar-refractivity contribution < 1.29 is 4.79 Å². The van der Waals surface area contributed by atoms with Gasteiger partial charge in [0.25, 0.3) is 5.91 Å². The molecular weight excluding hydrogens is 360 g/mol. The van der Waals surface area contributed by atoms with Crippen LogP contribution in [0, 0.1) is 0 Å². The lowest BCUT2D eigenvalue weighted by Crippen LogP contribution is -2.29. The van der Waals surface area contributed by atoms with E-state index in [4.69, 9.17) is 10.8 Å². The molecule has 3 N–H and O–H groups in total. The van der Waals surface area contributed by atoms with E-state index in [1.165, 1.54) is 5.56 Å². The van der Waals surface area contributed by atoms with Gasteiger partial charge >= 0.3 is 0 Å². The van der Waals surface area contributed by atoms with Gasteiger partial charge in [-0.1, -0.05) is 31.2 Å². The highest BCUT2D eigenvalue weighted by atomic mass is 16.2. The van der Waals surface area contributed by atoms with E-state index in [2.05, 4.69) is 36.5 Å². The Kier molecular flexibility index (Phi) is 5.65. The van der Waals surface area contributed by atoms with Crippen LogP contribution in [0.3, 0.4) is 0 Å². The predicted molar refractivity (Wildman–Crippen MR) is 116 cm³/mol. The van der Waals surface area contributed by atoms with Crippen molar-refractivity contribution in [2.45, 2.75) is 45.4 Å². The van der Waals surface area contributed by atoms with E-state index < -0.39 is 0 Å². The summed E-state index contributed by atoms with van der Waals surface area (Å²) >= 11 is 0. The number of carbonyl (C=O) groups is 1. The molecule has 0 bridgehead atoms. The molecule has 1 heterocycles. The lowest BCUT2D eigenvalue weighted by Gasteiger charge is -2.13. The van der Waals surface area contributed by atoms with E-state index in [1.54, 1.807) is 0 Å². The fourth-order valence-corrected chi connectivity index (χ4v) is 3.93. The summed E-state index contributed by atoms with van der Waals surface area (Å²) in [5, 5.41) is 7.92. The molecule has 1 aliphatic carbocycles. The highest BCUT2D eigenvalue weighted by molar-refractivity contribution is 5.95. The summed E-state index contributed by atoms with van der Waals surface area (Å²) < 4.78 is 1.84. The molecule has 0 unspecified atom stereocenters. The molecule has 4 rings (SSSR count). The van der Waals surface area contributed by atoms with E-state index in [-0.39, 0.29) is 5.91 Å². The molecule has 3 aromatic rings. The molecule has 0 saturated carbocycles. The summed E-state index contributed by atoms with van der Waals surface area (Å²) in [6.45, 7) is 2.72. The van der Waals surface area contributed by atoms with Gasteiger partial charge in [-0.05, 0) is 73.9 Å². The zero-order valence-corrected chi connectivity index (χ0v) is 16.9. The van der Waals surface area contributed by atoms with E-state index in [9.17, 15) is 4.79 Å². The van der Waals surface area contributed by atoms with E-state index in [0.29, 0.717) is 12.2 Å². The number of carbonyl (C=O) groups excluding carboxylic acids is 1. The van der Waals surface area contributed by atoms with Crippen molar-refractivity contribution in [1.82, 2.24) is 15.1 Å². The Labute approximate surface area is 171 Å². The van der Waals surface area contributed by atoms with Gasteiger partial charge in [0.05, 0.1) is 11.4 Å². The SMILES string of the molecule is CCc1ccc(-n2nc3c(c2C(=O)NCCc2ccc(N)cc2)CCCC3)cc1. The second kappa shape index (κ2) is 8.52. The number of fused-ring (bicyclic) bond motifs is 1. The number of aryl methyl sites for hydroxylation is 2. The lowest BCUT2D eigenvalue weighted by molar-refractivity contribution is 0.0945. The number of aromatic nitrogens is 2. The first-order chi connectivity index (χ1) is 14.2. The molecule has 150 valence electrons. The number of amides is 1. The summed E-state index contributed by atoms with van der Waals surface area (Å²) in [7, 11) is 0. The fourth-order valence-electron chi connectivity index (χ4n) is 3.93. The second-order valence-electron chi connectivity index (χ2n) is 7.66. The number of rotatable bonds is 6. The van der Waals surface area contributed by atoms with Crippen molar-refractivity contribution in [3.05, 3.63) is 76.6 Å². The van der Waals surface area contributed by atoms with Crippen LogP contribution in [0.5, 0.6) is 0 Å². The number of benzene rings is 2. The van der Waals surface area contributed by atoms with E-state index in [1.807, 2.05) is 28.9 Å². The highest BCUT2D eigenvalue weighted by Gasteiger charge is 2.25. The van der Waals surface area contributed by atoms with Crippen LogP contribution in [0.4, 0.5) is 5.69 Å². The summed E-state index contributed by atoms with van der Waals surface area (Å²) in [4.78, 5) is 13.1. The molecule has 1 aliphatic rings. The average Bonchev–Trinajstić information content (AvgIpc) is 3.15. The summed E-state index contributed by atoms with van der Waals surface area (Å²) in [5.41, 5.74) is 12.8. The van der Waals surface area contributed by atoms with Gasteiger partial charge in [-0.3, -0.25) is 4.79 Å². The van der Waals surface area contributed by atoms with Gasteiger partial charge in [-0.25, -0.2) is 4.68 Å². The highest BCUT2D eigenvalue weighted by Crippen LogP contribution is 2.26. The first kappa shape index (κ1) is 19.2. The van der Waals surface area contributed by atoms with Crippen molar-refractivity contribution in [2.75, 3.05) is 12.3 Å². The minimum absolute atomic E-state index is 0.0457. The maximum absolute atomic E-state index is 13.1. The molecule has 0 saturated heterocycles. The third-order valence-corrected chi connectivity index (χ3v) is 5.64. The van der Waals surface area contributed by atoms with E-state index >= 15 is 0 Å². The van der Waals surface area contributed by atoms with Crippen LogP contribution < -0.4 is 11.1 Å². The normalized spacial score (nSPS) is 13.1. The predicted octanol–water partition coefficient (Wildman–Crippen LogP) is 3.87. The maximum Gasteiger partial charge on any atom is 0.270 e. The molecule has 0 fully saturated rings. The lowest BCUT2D eigenvalue weighted by atomic mass is 9.95. The van der Waals surface area contributed by atoms with Crippen molar-refractivity contribution >= 4 is 11.6 Å². The number of hydrogen-bond donors (Lipinski definition) is 2. The third kappa shape index (κ3) is 4.19. The molecule has 1 aromatic heterocycles. The van der Waals surface area contributed by atoms with Crippen molar-refractivity contribution in [3.8, 4) is 5.69 Å². The van der Waals surface area contributed by atoms with Crippen LogP contribution in [0.25, 0.3) is 5.69 Å². The first-order valence-electron chi connectivity index (χ1n) is 10.5. The number of nitrogens with two attached hydrogens (primary N) is 1. The molecule has 0 aliphatic heterocycles. The second-order valence-corrected chi connectivity index (χ2v) is 7.66. The van der Waals surface area contributed by atoms with Gasteiger partial charge < -0.3 is 11.1 Å². The smallest absolute Gasteiger partial charge is 0.270 e.